The van der Waals surface area contributed by atoms with E-state index >= 15 is 0 Å². The number of hydrogen-bond donors (Lipinski definition) is 1. The van der Waals surface area contributed by atoms with Gasteiger partial charge in [0, 0.05) is 6.04 Å². The minimum Gasteiger partial charge on any atom is -0.314 e. The van der Waals surface area contributed by atoms with Crippen LogP contribution in [0.5, 0.6) is 0 Å². The third-order valence-electron chi connectivity index (χ3n) is 2.81. The molecule has 0 aromatic heterocycles. The molecule has 13 heavy (non-hydrogen) atoms. The van der Waals surface area contributed by atoms with Crippen molar-refractivity contribution in [1.29, 1.82) is 0 Å². The second-order valence-electron chi connectivity index (χ2n) is 4.55. The average Bonchev–Trinajstić information content (AvgIpc) is 2.11. The topological polar surface area (TPSA) is 12.0 Å². The summed E-state index contributed by atoms with van der Waals surface area (Å²) >= 11 is 0. The minimum atomic E-state index is 0.717. The zero-order valence-electron chi connectivity index (χ0n) is 10.1. The van der Waals surface area contributed by atoms with E-state index in [-0.39, 0.29) is 0 Å². The van der Waals surface area contributed by atoms with Gasteiger partial charge in [0.25, 0.3) is 0 Å². The summed E-state index contributed by atoms with van der Waals surface area (Å²) in [7, 11) is 0. The zero-order valence-corrected chi connectivity index (χ0v) is 10.1. The summed E-state index contributed by atoms with van der Waals surface area (Å²) in [6.07, 6.45) is 3.87. The van der Waals surface area contributed by atoms with Crippen LogP contribution >= 0.6 is 0 Å². The van der Waals surface area contributed by atoms with Crippen LogP contribution in [0.25, 0.3) is 0 Å². The van der Waals surface area contributed by atoms with E-state index in [0.29, 0.717) is 0 Å². The summed E-state index contributed by atoms with van der Waals surface area (Å²) in [6, 6.07) is 0.717. The van der Waals surface area contributed by atoms with E-state index < -0.39 is 0 Å². The molecule has 80 valence electrons. The molecule has 0 heterocycles. The third-order valence-corrected chi connectivity index (χ3v) is 2.81. The van der Waals surface area contributed by atoms with Gasteiger partial charge in [-0.15, -0.1) is 0 Å². The fourth-order valence-corrected chi connectivity index (χ4v) is 1.52. The number of hydrogen-bond acceptors (Lipinski definition) is 1. The zero-order chi connectivity index (χ0) is 10.3. The first kappa shape index (κ1) is 13.0. The van der Waals surface area contributed by atoms with Gasteiger partial charge in [-0.3, -0.25) is 0 Å². The highest BCUT2D eigenvalue weighted by Crippen LogP contribution is 2.15. The van der Waals surface area contributed by atoms with Gasteiger partial charge in [0.2, 0.25) is 0 Å². The summed E-state index contributed by atoms with van der Waals surface area (Å²) in [5.41, 5.74) is 0. The van der Waals surface area contributed by atoms with Gasteiger partial charge in [-0.25, -0.2) is 0 Å². The van der Waals surface area contributed by atoms with Crippen molar-refractivity contribution >= 4 is 0 Å². The van der Waals surface area contributed by atoms with Gasteiger partial charge in [0.05, 0.1) is 0 Å². The smallest absolute Gasteiger partial charge is 0.00925 e. The Labute approximate surface area is 84.3 Å². The molecule has 0 saturated heterocycles. The molecule has 0 rings (SSSR count). The molecule has 2 atom stereocenters. The van der Waals surface area contributed by atoms with Gasteiger partial charge in [-0.2, -0.15) is 0 Å². The summed E-state index contributed by atoms with van der Waals surface area (Å²) in [6.45, 7) is 12.7. The maximum absolute atomic E-state index is 3.63. The van der Waals surface area contributed by atoms with Crippen LogP contribution < -0.4 is 5.32 Å². The predicted octanol–water partition coefficient (Wildman–Crippen LogP) is 3.45. The first-order valence-electron chi connectivity index (χ1n) is 5.85. The molecule has 0 bridgehead atoms. The van der Waals surface area contributed by atoms with Crippen LogP contribution in [0.2, 0.25) is 0 Å². The number of rotatable bonds is 7. The lowest BCUT2D eigenvalue weighted by Gasteiger charge is -2.25. The molecule has 2 unspecified atom stereocenters. The predicted molar refractivity (Wildman–Crippen MR) is 61.0 cm³/mol. The van der Waals surface area contributed by atoms with Gasteiger partial charge < -0.3 is 5.32 Å². The molecule has 0 aliphatic rings. The van der Waals surface area contributed by atoms with Crippen molar-refractivity contribution in [2.45, 2.75) is 59.9 Å². The van der Waals surface area contributed by atoms with Gasteiger partial charge in [0.1, 0.15) is 0 Å². The average molecular weight is 185 g/mol. The van der Waals surface area contributed by atoms with E-state index in [4.69, 9.17) is 0 Å². The highest BCUT2D eigenvalue weighted by atomic mass is 14.9. The quantitative estimate of drug-likeness (QED) is 0.640. The molecule has 1 N–H and O–H groups in total. The summed E-state index contributed by atoms with van der Waals surface area (Å²) in [5, 5.41) is 3.63. The third kappa shape index (κ3) is 6.09. The summed E-state index contributed by atoms with van der Waals surface area (Å²) in [5.74, 6) is 1.62. The van der Waals surface area contributed by atoms with E-state index in [1.54, 1.807) is 0 Å². The Balaban J connectivity index is 3.79. The van der Waals surface area contributed by atoms with Crippen LogP contribution in [0.3, 0.4) is 0 Å². The van der Waals surface area contributed by atoms with Crippen molar-refractivity contribution in [2.75, 3.05) is 6.54 Å². The maximum atomic E-state index is 3.63. The first-order chi connectivity index (χ1) is 6.11. The Morgan fingerprint density at radius 2 is 1.69 bits per heavy atom. The Morgan fingerprint density at radius 1 is 1.08 bits per heavy atom. The fraction of sp³-hybridized carbons (Fsp3) is 1.00. The van der Waals surface area contributed by atoms with Gasteiger partial charge in [-0.1, -0.05) is 41.0 Å². The largest absolute Gasteiger partial charge is 0.314 e. The van der Waals surface area contributed by atoms with Crippen molar-refractivity contribution in [3.63, 3.8) is 0 Å². The van der Waals surface area contributed by atoms with Crippen molar-refractivity contribution in [1.82, 2.24) is 5.32 Å². The van der Waals surface area contributed by atoms with Crippen LogP contribution in [0, 0.1) is 11.8 Å². The van der Waals surface area contributed by atoms with E-state index in [0.717, 1.165) is 17.9 Å². The molecule has 0 aromatic rings. The molecule has 0 aromatic carbocycles. The Kier molecular flexibility index (Phi) is 7.35. The Morgan fingerprint density at radius 3 is 2.08 bits per heavy atom. The van der Waals surface area contributed by atoms with E-state index in [2.05, 4.69) is 39.9 Å². The van der Waals surface area contributed by atoms with Crippen LogP contribution in [0.15, 0.2) is 0 Å². The first-order valence-corrected chi connectivity index (χ1v) is 5.85. The van der Waals surface area contributed by atoms with Crippen LogP contribution in [-0.2, 0) is 0 Å². The molecule has 0 amide bonds. The summed E-state index contributed by atoms with van der Waals surface area (Å²) in [4.78, 5) is 0. The molecule has 0 aliphatic carbocycles. The Hall–Kier alpha value is -0.0400. The molecule has 0 spiro atoms. The molecule has 0 saturated carbocycles. The lowest BCUT2D eigenvalue weighted by molar-refractivity contribution is 0.325. The lowest BCUT2D eigenvalue weighted by atomic mass is 9.92. The van der Waals surface area contributed by atoms with Crippen molar-refractivity contribution < 1.29 is 0 Å². The van der Waals surface area contributed by atoms with Gasteiger partial charge in [0.15, 0.2) is 0 Å². The van der Waals surface area contributed by atoms with E-state index in [1.807, 2.05) is 0 Å². The highest BCUT2D eigenvalue weighted by molar-refractivity contribution is 4.72. The Bertz CT molecular complexity index is 110. The molecular weight excluding hydrogens is 158 g/mol. The molecule has 1 nitrogen and oxygen atoms in total. The fourth-order valence-electron chi connectivity index (χ4n) is 1.52. The summed E-state index contributed by atoms with van der Waals surface area (Å²) < 4.78 is 0. The van der Waals surface area contributed by atoms with Crippen molar-refractivity contribution in [3.05, 3.63) is 0 Å². The minimum absolute atomic E-state index is 0.717. The normalized spacial score (nSPS) is 16.2. The molecular formula is C12H27N. The molecule has 0 radical (unpaired) electrons. The lowest BCUT2D eigenvalue weighted by Crippen LogP contribution is -2.35. The SMILES string of the molecule is CCCNC(CC(C)CC)C(C)C. The second kappa shape index (κ2) is 7.37. The molecule has 1 heteroatoms. The molecule has 0 fully saturated rings. The highest BCUT2D eigenvalue weighted by Gasteiger charge is 2.14. The molecule has 0 aliphatic heterocycles. The van der Waals surface area contributed by atoms with Crippen LogP contribution in [-0.4, -0.2) is 12.6 Å². The standard InChI is InChI=1S/C12H27N/c1-6-8-13-12(10(3)4)9-11(5)7-2/h10-13H,6-9H2,1-5H3. The van der Waals surface area contributed by atoms with Crippen LogP contribution in [0.1, 0.15) is 53.9 Å². The maximum Gasteiger partial charge on any atom is 0.00925 e. The van der Waals surface area contributed by atoms with Crippen LogP contribution in [0.4, 0.5) is 0 Å². The van der Waals surface area contributed by atoms with Gasteiger partial charge >= 0.3 is 0 Å². The van der Waals surface area contributed by atoms with E-state index in [1.165, 1.54) is 25.8 Å². The second-order valence-corrected chi connectivity index (χ2v) is 4.55. The number of nitrogens with one attached hydrogen (secondary N) is 1. The van der Waals surface area contributed by atoms with Gasteiger partial charge in [-0.05, 0) is 31.2 Å². The van der Waals surface area contributed by atoms with Crippen molar-refractivity contribution in [3.8, 4) is 0 Å². The van der Waals surface area contributed by atoms with E-state index in [9.17, 15) is 0 Å². The monoisotopic (exact) mass is 185 g/mol. The van der Waals surface area contributed by atoms with Crippen molar-refractivity contribution in [2.24, 2.45) is 11.8 Å².